The summed E-state index contributed by atoms with van der Waals surface area (Å²) in [5, 5.41) is 10.1. The van der Waals surface area contributed by atoms with E-state index in [1.165, 1.54) is 0 Å². The van der Waals surface area contributed by atoms with Gasteiger partial charge in [0.1, 0.15) is 0 Å². The zero-order valence-electron chi connectivity index (χ0n) is 13.8. The normalized spacial score (nSPS) is 14.0. The van der Waals surface area contributed by atoms with E-state index in [0.29, 0.717) is 28.4 Å². The fourth-order valence-corrected chi connectivity index (χ4v) is 2.93. The molecule has 1 aromatic heterocycles. The van der Waals surface area contributed by atoms with Crippen LogP contribution in [0.3, 0.4) is 0 Å². The van der Waals surface area contributed by atoms with Crippen molar-refractivity contribution in [3.8, 4) is 11.5 Å². The zero-order chi connectivity index (χ0) is 17.3. The second-order valence-corrected chi connectivity index (χ2v) is 6.28. The van der Waals surface area contributed by atoms with E-state index in [-0.39, 0.29) is 24.7 Å². The Kier molecular flexibility index (Phi) is 4.57. The number of aromatic amines is 1. The monoisotopic (exact) mass is 348 g/mol. The van der Waals surface area contributed by atoms with Crippen molar-refractivity contribution < 1.29 is 14.3 Å². The Hall–Kier alpha value is -2.35. The number of benzene rings is 1. The molecule has 0 bridgehead atoms. The van der Waals surface area contributed by atoms with Crippen molar-refractivity contribution in [2.45, 2.75) is 33.4 Å². The van der Waals surface area contributed by atoms with Gasteiger partial charge in [-0.1, -0.05) is 13.8 Å². The van der Waals surface area contributed by atoms with Gasteiger partial charge in [0.25, 0.3) is 5.91 Å². The first-order valence-corrected chi connectivity index (χ1v) is 8.27. The number of aromatic nitrogens is 3. The summed E-state index contributed by atoms with van der Waals surface area (Å²) in [6.07, 6.45) is 0. The Morgan fingerprint density at radius 1 is 1.42 bits per heavy atom. The molecule has 0 saturated heterocycles. The van der Waals surface area contributed by atoms with E-state index in [0.717, 1.165) is 5.82 Å². The Balaban J connectivity index is 1.85. The standard InChI is InChI=1S/C16H20N4O3S/c1-4-20-14(18-19-16(20)24)13(9(2)3)17-15(21)10-5-6-11-12(7-10)23-8-22-11/h5-7,9,13H,4,8H2,1-3H3,(H,17,21)(H,19,24)/t13-/m0/s1. The average Bonchev–Trinajstić information content (AvgIpc) is 3.17. The molecule has 0 radical (unpaired) electrons. The SMILES string of the molecule is CCn1c([C@@H](NC(=O)c2ccc3c(c2)OCO3)C(C)C)n[nH]c1=S. The molecule has 2 aromatic rings. The van der Waals surface area contributed by atoms with Crippen LogP contribution >= 0.6 is 12.2 Å². The van der Waals surface area contributed by atoms with Crippen molar-refractivity contribution in [2.75, 3.05) is 6.79 Å². The van der Waals surface area contributed by atoms with Gasteiger partial charge in [-0.3, -0.25) is 9.89 Å². The lowest BCUT2D eigenvalue weighted by Gasteiger charge is -2.22. The van der Waals surface area contributed by atoms with Crippen LogP contribution in [0.25, 0.3) is 0 Å². The van der Waals surface area contributed by atoms with E-state index in [1.54, 1.807) is 18.2 Å². The van der Waals surface area contributed by atoms with Gasteiger partial charge < -0.3 is 19.4 Å². The molecule has 0 fully saturated rings. The van der Waals surface area contributed by atoms with Gasteiger partial charge in [-0.25, -0.2) is 0 Å². The molecule has 0 spiro atoms. The van der Waals surface area contributed by atoms with E-state index in [2.05, 4.69) is 15.5 Å². The molecule has 1 aromatic carbocycles. The molecule has 8 heteroatoms. The van der Waals surface area contributed by atoms with Crippen molar-refractivity contribution in [2.24, 2.45) is 5.92 Å². The number of carbonyl (C=O) groups is 1. The van der Waals surface area contributed by atoms with Crippen LogP contribution in [0.2, 0.25) is 0 Å². The zero-order valence-corrected chi connectivity index (χ0v) is 14.6. The van der Waals surface area contributed by atoms with Crippen LogP contribution in [0.4, 0.5) is 0 Å². The second-order valence-electron chi connectivity index (χ2n) is 5.89. The summed E-state index contributed by atoms with van der Waals surface area (Å²) in [6, 6.07) is 4.89. The van der Waals surface area contributed by atoms with Crippen LogP contribution in [0, 0.1) is 10.7 Å². The maximum atomic E-state index is 12.7. The van der Waals surface area contributed by atoms with E-state index >= 15 is 0 Å². The predicted molar refractivity (Wildman–Crippen MR) is 90.7 cm³/mol. The van der Waals surface area contributed by atoms with Gasteiger partial charge in [-0.15, -0.1) is 0 Å². The number of hydrogen-bond acceptors (Lipinski definition) is 5. The molecule has 2 N–H and O–H groups in total. The minimum atomic E-state index is -0.254. The van der Waals surface area contributed by atoms with Crippen LogP contribution < -0.4 is 14.8 Å². The lowest BCUT2D eigenvalue weighted by Crippen LogP contribution is -2.33. The Morgan fingerprint density at radius 2 is 2.17 bits per heavy atom. The number of amides is 1. The highest BCUT2D eigenvalue weighted by molar-refractivity contribution is 7.71. The summed E-state index contributed by atoms with van der Waals surface area (Å²) in [6.45, 7) is 6.92. The van der Waals surface area contributed by atoms with Gasteiger partial charge >= 0.3 is 0 Å². The minimum Gasteiger partial charge on any atom is -0.454 e. The molecule has 7 nitrogen and oxygen atoms in total. The first-order valence-electron chi connectivity index (χ1n) is 7.87. The lowest BCUT2D eigenvalue weighted by molar-refractivity contribution is 0.0921. The number of nitrogens with one attached hydrogen (secondary N) is 2. The highest BCUT2D eigenvalue weighted by Gasteiger charge is 2.25. The van der Waals surface area contributed by atoms with Crippen molar-refractivity contribution in [1.29, 1.82) is 0 Å². The molecular formula is C16H20N4O3S. The molecule has 24 heavy (non-hydrogen) atoms. The van der Waals surface area contributed by atoms with Crippen LogP contribution in [0.15, 0.2) is 18.2 Å². The third-order valence-corrected chi connectivity index (χ3v) is 4.28. The third kappa shape index (κ3) is 3.01. The molecule has 1 atom stereocenters. The minimum absolute atomic E-state index is 0.151. The van der Waals surface area contributed by atoms with Crippen LogP contribution in [0.5, 0.6) is 11.5 Å². The molecule has 0 aliphatic carbocycles. The predicted octanol–water partition coefficient (Wildman–Crippen LogP) is 2.82. The van der Waals surface area contributed by atoms with Crippen molar-refractivity contribution in [3.63, 3.8) is 0 Å². The Morgan fingerprint density at radius 3 is 2.88 bits per heavy atom. The summed E-state index contributed by atoms with van der Waals surface area (Å²) in [7, 11) is 0. The van der Waals surface area contributed by atoms with Crippen molar-refractivity contribution in [1.82, 2.24) is 20.1 Å². The van der Waals surface area contributed by atoms with Gasteiger partial charge in [0.15, 0.2) is 22.1 Å². The second kappa shape index (κ2) is 6.64. The van der Waals surface area contributed by atoms with Crippen molar-refractivity contribution >= 4 is 18.1 Å². The molecule has 0 saturated carbocycles. The number of carbonyl (C=O) groups excluding carboxylic acids is 1. The lowest BCUT2D eigenvalue weighted by atomic mass is 10.0. The Bertz CT molecular complexity index is 812. The largest absolute Gasteiger partial charge is 0.454 e. The maximum Gasteiger partial charge on any atom is 0.252 e. The molecule has 3 rings (SSSR count). The number of rotatable bonds is 5. The highest BCUT2D eigenvalue weighted by Crippen LogP contribution is 2.32. The van der Waals surface area contributed by atoms with Gasteiger partial charge in [0.05, 0.1) is 6.04 Å². The number of ether oxygens (including phenoxy) is 2. The summed E-state index contributed by atoms with van der Waals surface area (Å²) >= 11 is 5.24. The first kappa shape index (κ1) is 16.5. The third-order valence-electron chi connectivity index (χ3n) is 3.97. The van der Waals surface area contributed by atoms with Crippen LogP contribution in [-0.2, 0) is 6.54 Å². The molecule has 1 aliphatic rings. The van der Waals surface area contributed by atoms with E-state index in [9.17, 15) is 4.79 Å². The van der Waals surface area contributed by atoms with Gasteiger partial charge in [-0.2, -0.15) is 5.10 Å². The van der Waals surface area contributed by atoms with Gasteiger partial charge in [-0.05, 0) is 43.3 Å². The molecule has 2 heterocycles. The van der Waals surface area contributed by atoms with Crippen LogP contribution in [-0.4, -0.2) is 27.5 Å². The molecule has 1 amide bonds. The van der Waals surface area contributed by atoms with Gasteiger partial charge in [0.2, 0.25) is 6.79 Å². The van der Waals surface area contributed by atoms with E-state index in [4.69, 9.17) is 21.7 Å². The number of fused-ring (bicyclic) bond motifs is 1. The fraction of sp³-hybridized carbons (Fsp3) is 0.438. The highest BCUT2D eigenvalue weighted by atomic mass is 32.1. The quantitative estimate of drug-likeness (QED) is 0.812. The first-order chi connectivity index (χ1) is 11.5. The maximum absolute atomic E-state index is 12.7. The van der Waals surface area contributed by atoms with E-state index in [1.807, 2.05) is 25.3 Å². The average molecular weight is 348 g/mol. The number of nitrogens with zero attached hydrogens (tertiary/aromatic N) is 2. The summed E-state index contributed by atoms with van der Waals surface area (Å²) in [5.74, 6) is 1.92. The van der Waals surface area contributed by atoms with Gasteiger partial charge in [0, 0.05) is 12.1 Å². The number of H-pyrrole nitrogens is 1. The molecule has 0 unspecified atom stereocenters. The molecule has 128 valence electrons. The summed E-state index contributed by atoms with van der Waals surface area (Å²) < 4.78 is 13.0. The molecule has 1 aliphatic heterocycles. The topological polar surface area (TPSA) is 81.2 Å². The Labute approximate surface area is 145 Å². The van der Waals surface area contributed by atoms with Crippen molar-refractivity contribution in [3.05, 3.63) is 34.4 Å². The van der Waals surface area contributed by atoms with E-state index < -0.39 is 0 Å². The van der Waals surface area contributed by atoms with Crippen LogP contribution in [0.1, 0.15) is 43.0 Å². The smallest absolute Gasteiger partial charge is 0.252 e. The fourth-order valence-electron chi connectivity index (χ4n) is 2.66. The summed E-state index contributed by atoms with van der Waals surface area (Å²) in [5.41, 5.74) is 0.516. The molecular weight excluding hydrogens is 328 g/mol. The summed E-state index contributed by atoms with van der Waals surface area (Å²) in [4.78, 5) is 12.7. The number of hydrogen-bond donors (Lipinski definition) is 2.